The third kappa shape index (κ3) is 7.01. The Labute approximate surface area is 187 Å². The van der Waals surface area contributed by atoms with Gasteiger partial charge in [0, 0.05) is 10.7 Å². The number of benzene rings is 2. The summed E-state index contributed by atoms with van der Waals surface area (Å²) in [6, 6.07) is 12.6. The number of hydrogen-bond acceptors (Lipinski definition) is 7. The van der Waals surface area contributed by atoms with Crippen LogP contribution in [0.2, 0.25) is 5.02 Å². The van der Waals surface area contributed by atoms with Crippen molar-refractivity contribution in [2.75, 3.05) is 23.0 Å². The number of anilines is 2. The van der Waals surface area contributed by atoms with E-state index in [0.717, 1.165) is 16.8 Å². The van der Waals surface area contributed by atoms with Crippen LogP contribution in [0.3, 0.4) is 0 Å². The molecule has 156 valence electrons. The number of ether oxygens (including phenoxy) is 1. The molecule has 3 aromatic rings. The number of carbonyl (C=O) groups is 2. The summed E-state index contributed by atoms with van der Waals surface area (Å²) in [5.41, 5.74) is 2.94. The molecule has 0 saturated heterocycles. The summed E-state index contributed by atoms with van der Waals surface area (Å²) in [7, 11) is 0. The zero-order valence-electron chi connectivity index (χ0n) is 16.3. The maximum atomic E-state index is 12.2. The number of aromatic nitrogens is 2. The van der Waals surface area contributed by atoms with E-state index in [2.05, 4.69) is 20.8 Å². The van der Waals surface area contributed by atoms with E-state index >= 15 is 0 Å². The van der Waals surface area contributed by atoms with Gasteiger partial charge in [0.1, 0.15) is 5.75 Å². The lowest BCUT2D eigenvalue weighted by atomic mass is 10.1. The summed E-state index contributed by atoms with van der Waals surface area (Å²) < 4.78 is 5.96. The molecule has 2 amide bonds. The highest BCUT2D eigenvalue weighted by Crippen LogP contribution is 2.26. The predicted molar refractivity (Wildman–Crippen MR) is 121 cm³/mol. The van der Waals surface area contributed by atoms with Crippen molar-refractivity contribution in [3.05, 3.63) is 58.6 Å². The number of halogens is 1. The van der Waals surface area contributed by atoms with Crippen molar-refractivity contribution in [2.45, 2.75) is 18.2 Å². The molecule has 0 spiro atoms. The van der Waals surface area contributed by atoms with Crippen LogP contribution in [-0.2, 0) is 9.59 Å². The van der Waals surface area contributed by atoms with Crippen molar-refractivity contribution in [2.24, 2.45) is 0 Å². The average Bonchev–Trinajstić information content (AvgIpc) is 3.12. The molecule has 0 bridgehead atoms. The van der Waals surface area contributed by atoms with Gasteiger partial charge in [0.2, 0.25) is 11.0 Å². The highest BCUT2D eigenvalue weighted by atomic mass is 35.5. The third-order valence-electron chi connectivity index (χ3n) is 3.67. The fourth-order valence-electron chi connectivity index (χ4n) is 2.52. The highest BCUT2D eigenvalue weighted by Gasteiger charge is 2.11. The number of rotatable bonds is 8. The Kier molecular flexibility index (Phi) is 7.67. The van der Waals surface area contributed by atoms with Gasteiger partial charge >= 0.3 is 0 Å². The standard InChI is InChI=1S/C20H19ClN4O3S2/c1-12-7-13(2)9-15(8-12)22-18(27)11-29-20-25-24-19(30-20)23-17(26)10-28-16-5-3-14(21)4-6-16/h3-9H,10-11H2,1-2H3,(H,22,27)(H,23,24,26). The van der Waals surface area contributed by atoms with Gasteiger partial charge in [-0.05, 0) is 61.4 Å². The van der Waals surface area contributed by atoms with Crippen molar-refractivity contribution in [1.29, 1.82) is 0 Å². The maximum absolute atomic E-state index is 12.2. The zero-order chi connectivity index (χ0) is 21.5. The number of nitrogens with one attached hydrogen (secondary N) is 2. The second-order valence-electron chi connectivity index (χ2n) is 6.38. The van der Waals surface area contributed by atoms with Crippen LogP contribution < -0.4 is 15.4 Å². The molecule has 0 aliphatic carbocycles. The van der Waals surface area contributed by atoms with Crippen molar-refractivity contribution in [1.82, 2.24) is 10.2 Å². The van der Waals surface area contributed by atoms with Crippen molar-refractivity contribution < 1.29 is 14.3 Å². The first-order valence-electron chi connectivity index (χ1n) is 8.90. The Bertz CT molecular complexity index is 1020. The molecule has 3 rings (SSSR count). The number of hydrogen-bond donors (Lipinski definition) is 2. The normalized spacial score (nSPS) is 10.5. The lowest BCUT2D eigenvalue weighted by Crippen LogP contribution is -2.20. The van der Waals surface area contributed by atoms with E-state index in [1.807, 2.05) is 32.0 Å². The maximum Gasteiger partial charge on any atom is 0.264 e. The second kappa shape index (κ2) is 10.4. The molecule has 1 heterocycles. The Morgan fingerprint density at radius 2 is 1.73 bits per heavy atom. The Morgan fingerprint density at radius 3 is 2.43 bits per heavy atom. The highest BCUT2D eigenvalue weighted by molar-refractivity contribution is 8.01. The number of carbonyl (C=O) groups excluding carboxylic acids is 2. The molecule has 30 heavy (non-hydrogen) atoms. The van der Waals surface area contributed by atoms with Gasteiger partial charge in [-0.1, -0.05) is 40.8 Å². The van der Waals surface area contributed by atoms with Gasteiger partial charge in [-0.3, -0.25) is 14.9 Å². The van der Waals surface area contributed by atoms with Crippen LogP contribution in [-0.4, -0.2) is 34.4 Å². The fraction of sp³-hybridized carbons (Fsp3) is 0.200. The van der Waals surface area contributed by atoms with Crippen LogP contribution in [0.1, 0.15) is 11.1 Å². The summed E-state index contributed by atoms with van der Waals surface area (Å²) in [5.74, 6) is 0.236. The van der Waals surface area contributed by atoms with Crippen LogP contribution in [0.5, 0.6) is 5.75 Å². The molecule has 7 nitrogen and oxygen atoms in total. The molecule has 0 atom stereocenters. The van der Waals surface area contributed by atoms with Gasteiger partial charge in [-0.25, -0.2) is 0 Å². The molecular formula is C20H19ClN4O3S2. The van der Waals surface area contributed by atoms with Gasteiger partial charge in [0.05, 0.1) is 5.75 Å². The Morgan fingerprint density at radius 1 is 1.03 bits per heavy atom. The van der Waals surface area contributed by atoms with E-state index in [9.17, 15) is 9.59 Å². The van der Waals surface area contributed by atoms with E-state index in [-0.39, 0.29) is 24.2 Å². The third-order valence-corrected chi connectivity index (χ3v) is 5.89. The first kappa shape index (κ1) is 22.1. The minimum atomic E-state index is -0.356. The van der Waals surface area contributed by atoms with Crippen LogP contribution in [0.25, 0.3) is 0 Å². The molecular weight excluding hydrogens is 444 g/mol. The molecule has 0 saturated carbocycles. The minimum Gasteiger partial charge on any atom is -0.484 e. The lowest BCUT2D eigenvalue weighted by Gasteiger charge is -2.06. The summed E-state index contributed by atoms with van der Waals surface area (Å²) >= 11 is 8.25. The largest absolute Gasteiger partial charge is 0.484 e. The molecule has 10 heteroatoms. The predicted octanol–water partition coefficient (Wildman–Crippen LogP) is 4.56. The van der Waals surface area contributed by atoms with Crippen molar-refractivity contribution >= 4 is 57.3 Å². The van der Waals surface area contributed by atoms with E-state index in [1.54, 1.807) is 24.3 Å². The second-order valence-corrected chi connectivity index (χ2v) is 9.01. The number of nitrogens with zero attached hydrogens (tertiary/aromatic N) is 2. The van der Waals surface area contributed by atoms with Crippen molar-refractivity contribution in [3.63, 3.8) is 0 Å². The van der Waals surface area contributed by atoms with Crippen molar-refractivity contribution in [3.8, 4) is 5.75 Å². The summed E-state index contributed by atoms with van der Waals surface area (Å²) in [6.45, 7) is 3.80. The van der Waals surface area contributed by atoms with Crippen LogP contribution in [0.15, 0.2) is 46.8 Å². The fourth-order valence-corrected chi connectivity index (χ4v) is 4.22. The minimum absolute atomic E-state index is 0.137. The molecule has 0 aliphatic rings. The van der Waals surface area contributed by atoms with E-state index in [0.29, 0.717) is 20.2 Å². The van der Waals surface area contributed by atoms with E-state index in [1.165, 1.54) is 23.1 Å². The van der Waals surface area contributed by atoms with Gasteiger partial charge in [0.25, 0.3) is 5.91 Å². The zero-order valence-corrected chi connectivity index (χ0v) is 18.7. The summed E-state index contributed by atoms with van der Waals surface area (Å²) in [4.78, 5) is 24.2. The molecule has 2 aromatic carbocycles. The van der Waals surface area contributed by atoms with E-state index < -0.39 is 0 Å². The number of aryl methyl sites for hydroxylation is 2. The molecule has 1 aromatic heterocycles. The van der Waals surface area contributed by atoms with Gasteiger partial charge < -0.3 is 10.1 Å². The molecule has 2 N–H and O–H groups in total. The van der Waals surface area contributed by atoms with Crippen LogP contribution in [0.4, 0.5) is 10.8 Å². The smallest absolute Gasteiger partial charge is 0.264 e. The molecule has 0 fully saturated rings. The molecule has 0 unspecified atom stereocenters. The average molecular weight is 463 g/mol. The SMILES string of the molecule is Cc1cc(C)cc(NC(=O)CSc2nnc(NC(=O)COc3ccc(Cl)cc3)s2)c1. The Balaban J connectivity index is 1.43. The molecule has 0 aliphatic heterocycles. The summed E-state index contributed by atoms with van der Waals surface area (Å²) in [6.07, 6.45) is 0. The van der Waals surface area contributed by atoms with Crippen LogP contribution >= 0.6 is 34.7 Å². The van der Waals surface area contributed by atoms with E-state index in [4.69, 9.17) is 16.3 Å². The van der Waals surface area contributed by atoms with Gasteiger partial charge in [-0.15, -0.1) is 10.2 Å². The first-order chi connectivity index (χ1) is 14.4. The van der Waals surface area contributed by atoms with Crippen LogP contribution in [0, 0.1) is 13.8 Å². The number of amides is 2. The molecule has 0 radical (unpaired) electrons. The quantitative estimate of drug-likeness (QED) is 0.376. The monoisotopic (exact) mass is 462 g/mol. The number of thioether (sulfide) groups is 1. The van der Waals surface area contributed by atoms with Gasteiger partial charge in [0.15, 0.2) is 10.9 Å². The summed E-state index contributed by atoms with van der Waals surface area (Å²) in [5, 5.41) is 14.3. The Hall–Kier alpha value is -2.62. The van der Waals surface area contributed by atoms with Gasteiger partial charge in [-0.2, -0.15) is 0 Å². The first-order valence-corrected chi connectivity index (χ1v) is 11.1. The lowest BCUT2D eigenvalue weighted by molar-refractivity contribution is -0.118. The topological polar surface area (TPSA) is 93.2 Å².